The largest absolute Gasteiger partial charge is 0.297 e. The second kappa shape index (κ2) is 7.49. The van der Waals surface area contributed by atoms with Gasteiger partial charge in [-0.3, -0.25) is 10.1 Å². The summed E-state index contributed by atoms with van der Waals surface area (Å²) >= 11 is 1.42. The lowest BCUT2D eigenvalue weighted by Gasteiger charge is -2.02. The van der Waals surface area contributed by atoms with Crippen molar-refractivity contribution < 1.29 is 4.79 Å². The van der Waals surface area contributed by atoms with Crippen molar-refractivity contribution in [1.82, 2.24) is 24.6 Å². The molecule has 0 saturated carbocycles. The molecule has 0 aliphatic carbocycles. The van der Waals surface area contributed by atoms with Crippen LogP contribution in [0.4, 0.5) is 5.13 Å². The summed E-state index contributed by atoms with van der Waals surface area (Å²) in [6.07, 6.45) is 1.64. The van der Waals surface area contributed by atoms with Crippen molar-refractivity contribution in [3.8, 4) is 21.7 Å². The van der Waals surface area contributed by atoms with Crippen LogP contribution in [-0.4, -0.2) is 30.5 Å². The van der Waals surface area contributed by atoms with Crippen LogP contribution in [0.15, 0.2) is 72.9 Å². The molecule has 2 aromatic carbocycles. The van der Waals surface area contributed by atoms with Gasteiger partial charge in [0, 0.05) is 17.5 Å². The monoisotopic (exact) mass is 412 g/mol. The summed E-state index contributed by atoms with van der Waals surface area (Å²) in [5.41, 5.74) is 3.69. The van der Waals surface area contributed by atoms with Crippen LogP contribution in [-0.2, 0) is 0 Å². The molecule has 3 aromatic heterocycles. The highest BCUT2D eigenvalue weighted by molar-refractivity contribution is 7.19. The van der Waals surface area contributed by atoms with Crippen molar-refractivity contribution in [1.29, 1.82) is 0 Å². The van der Waals surface area contributed by atoms with E-state index in [4.69, 9.17) is 4.98 Å². The van der Waals surface area contributed by atoms with Crippen LogP contribution in [0, 0.1) is 6.92 Å². The van der Waals surface area contributed by atoms with E-state index in [0.717, 1.165) is 27.4 Å². The Morgan fingerprint density at radius 3 is 2.33 bits per heavy atom. The molecule has 1 amide bonds. The summed E-state index contributed by atoms with van der Waals surface area (Å²) in [6, 6.07) is 21.7. The van der Waals surface area contributed by atoms with Crippen LogP contribution in [0.3, 0.4) is 0 Å². The van der Waals surface area contributed by atoms with Gasteiger partial charge in [-0.1, -0.05) is 72.0 Å². The Balaban J connectivity index is 1.52. The highest BCUT2D eigenvalue weighted by Crippen LogP contribution is 2.38. The molecule has 3 heterocycles. The van der Waals surface area contributed by atoms with Crippen molar-refractivity contribution in [3.05, 3.63) is 84.4 Å². The molecule has 7 nitrogen and oxygen atoms in total. The van der Waals surface area contributed by atoms with Gasteiger partial charge >= 0.3 is 0 Å². The summed E-state index contributed by atoms with van der Waals surface area (Å²) in [7, 11) is 0. The predicted octanol–water partition coefficient (Wildman–Crippen LogP) is 4.48. The predicted molar refractivity (Wildman–Crippen MR) is 116 cm³/mol. The second-order valence-electron chi connectivity index (χ2n) is 6.62. The van der Waals surface area contributed by atoms with Crippen molar-refractivity contribution in [2.24, 2.45) is 0 Å². The van der Waals surface area contributed by atoms with Crippen molar-refractivity contribution in [2.75, 3.05) is 5.32 Å². The molecule has 0 atom stereocenters. The third-order valence-corrected chi connectivity index (χ3v) is 5.58. The van der Waals surface area contributed by atoms with E-state index in [1.165, 1.54) is 11.3 Å². The maximum absolute atomic E-state index is 12.8. The standard InChI is InChI=1S/C22H16N6OS/c1-14-12-13-23-21-25-19(27-28(14)21)20(29)26-22-24-17(15-8-4-2-5-9-15)18(30-22)16-10-6-3-7-11-16/h2-13H,1H3,(H,24,26,29). The van der Waals surface area contributed by atoms with E-state index in [-0.39, 0.29) is 5.82 Å². The van der Waals surface area contributed by atoms with Gasteiger partial charge in [0.05, 0.1) is 10.6 Å². The quantitative estimate of drug-likeness (QED) is 0.471. The highest BCUT2D eigenvalue weighted by atomic mass is 32.1. The summed E-state index contributed by atoms with van der Waals surface area (Å²) in [4.78, 5) is 26.8. The molecule has 5 aromatic rings. The molecule has 0 aliphatic heterocycles. The molecule has 0 bridgehead atoms. The second-order valence-corrected chi connectivity index (χ2v) is 7.62. The molecule has 0 saturated heterocycles. The number of aryl methyl sites for hydroxylation is 1. The highest BCUT2D eigenvalue weighted by Gasteiger charge is 2.19. The summed E-state index contributed by atoms with van der Waals surface area (Å²) in [5.74, 6) is 0.0108. The Hall–Kier alpha value is -3.91. The average molecular weight is 412 g/mol. The fraction of sp³-hybridized carbons (Fsp3) is 0.0455. The molecule has 146 valence electrons. The zero-order chi connectivity index (χ0) is 20.5. The third kappa shape index (κ3) is 3.33. The van der Waals surface area contributed by atoms with Crippen molar-refractivity contribution in [3.63, 3.8) is 0 Å². The number of nitrogens with zero attached hydrogens (tertiary/aromatic N) is 5. The molecule has 30 heavy (non-hydrogen) atoms. The van der Waals surface area contributed by atoms with Crippen LogP contribution in [0.2, 0.25) is 0 Å². The van der Waals surface area contributed by atoms with Crippen LogP contribution in [0.1, 0.15) is 16.3 Å². The molecular formula is C22H16N6OS. The number of thiazole rings is 1. The number of rotatable bonds is 4. The number of anilines is 1. The third-order valence-electron chi connectivity index (χ3n) is 4.56. The lowest BCUT2D eigenvalue weighted by molar-refractivity contribution is 0.101. The molecular weight excluding hydrogens is 396 g/mol. The zero-order valence-electron chi connectivity index (χ0n) is 16.0. The van der Waals surface area contributed by atoms with E-state index in [1.807, 2.05) is 73.7 Å². The average Bonchev–Trinajstić information content (AvgIpc) is 3.40. The van der Waals surface area contributed by atoms with Gasteiger partial charge in [-0.15, -0.1) is 5.10 Å². The Bertz CT molecular complexity index is 1290. The lowest BCUT2D eigenvalue weighted by Crippen LogP contribution is -2.13. The van der Waals surface area contributed by atoms with E-state index >= 15 is 0 Å². The van der Waals surface area contributed by atoms with E-state index in [1.54, 1.807) is 10.7 Å². The van der Waals surface area contributed by atoms with Gasteiger partial charge in [0.2, 0.25) is 5.82 Å². The summed E-state index contributed by atoms with van der Waals surface area (Å²) in [5, 5.41) is 7.59. The van der Waals surface area contributed by atoms with E-state index in [9.17, 15) is 4.79 Å². The van der Waals surface area contributed by atoms with E-state index in [0.29, 0.717) is 10.9 Å². The van der Waals surface area contributed by atoms with Gasteiger partial charge in [-0.2, -0.15) is 4.98 Å². The van der Waals surface area contributed by atoms with Gasteiger partial charge in [-0.05, 0) is 18.6 Å². The SMILES string of the molecule is Cc1ccnc2nc(C(=O)Nc3nc(-c4ccccc4)c(-c4ccccc4)s3)nn12. The fourth-order valence-electron chi connectivity index (χ4n) is 3.11. The smallest absolute Gasteiger partial charge is 0.295 e. The topological polar surface area (TPSA) is 85.1 Å². The van der Waals surface area contributed by atoms with Gasteiger partial charge in [-0.25, -0.2) is 14.5 Å². The number of carbonyl (C=O) groups is 1. The van der Waals surface area contributed by atoms with Crippen molar-refractivity contribution >= 4 is 28.2 Å². The maximum Gasteiger partial charge on any atom is 0.297 e. The van der Waals surface area contributed by atoms with Crippen LogP contribution in [0.25, 0.3) is 27.5 Å². The minimum atomic E-state index is -0.423. The maximum atomic E-state index is 12.8. The molecule has 1 N–H and O–H groups in total. The lowest BCUT2D eigenvalue weighted by atomic mass is 10.1. The Kier molecular flexibility index (Phi) is 4.53. The Labute approximate surface area is 176 Å². The molecule has 0 spiro atoms. The molecule has 0 aliphatic rings. The number of benzene rings is 2. The molecule has 0 unspecified atom stereocenters. The van der Waals surface area contributed by atoms with Crippen LogP contribution >= 0.6 is 11.3 Å². The first-order valence-electron chi connectivity index (χ1n) is 9.30. The number of hydrogen-bond acceptors (Lipinski definition) is 6. The number of amides is 1. The zero-order valence-corrected chi connectivity index (χ0v) is 16.8. The summed E-state index contributed by atoms with van der Waals surface area (Å²) in [6.45, 7) is 1.88. The number of nitrogens with one attached hydrogen (secondary N) is 1. The minimum absolute atomic E-state index is 0.0505. The molecule has 0 fully saturated rings. The number of carbonyl (C=O) groups excluding carboxylic acids is 1. The van der Waals surface area contributed by atoms with E-state index in [2.05, 4.69) is 20.4 Å². The number of fused-ring (bicyclic) bond motifs is 1. The molecule has 5 rings (SSSR count). The van der Waals surface area contributed by atoms with Crippen molar-refractivity contribution in [2.45, 2.75) is 6.92 Å². The minimum Gasteiger partial charge on any atom is -0.295 e. The van der Waals surface area contributed by atoms with Crippen LogP contribution < -0.4 is 5.32 Å². The van der Waals surface area contributed by atoms with Gasteiger partial charge in [0.1, 0.15) is 0 Å². The first kappa shape index (κ1) is 18.1. The normalized spacial score (nSPS) is 11.0. The molecule has 8 heteroatoms. The van der Waals surface area contributed by atoms with Crippen LogP contribution in [0.5, 0.6) is 0 Å². The Morgan fingerprint density at radius 1 is 0.933 bits per heavy atom. The Morgan fingerprint density at radius 2 is 1.63 bits per heavy atom. The molecule has 0 radical (unpaired) electrons. The summed E-state index contributed by atoms with van der Waals surface area (Å²) < 4.78 is 1.54. The number of hydrogen-bond donors (Lipinski definition) is 1. The van der Waals surface area contributed by atoms with E-state index < -0.39 is 5.91 Å². The fourth-order valence-corrected chi connectivity index (χ4v) is 4.09. The van der Waals surface area contributed by atoms with Gasteiger partial charge in [0.25, 0.3) is 11.7 Å². The van der Waals surface area contributed by atoms with Gasteiger partial charge < -0.3 is 0 Å². The van der Waals surface area contributed by atoms with Gasteiger partial charge in [0.15, 0.2) is 5.13 Å². The first-order valence-corrected chi connectivity index (χ1v) is 10.1. The number of aromatic nitrogens is 5. The first-order chi connectivity index (χ1) is 14.7.